The fraction of sp³-hybridized carbons (Fsp3) is 0.800. The molecule has 0 bridgehead atoms. The number of carbonyl (C=O) groups excluding carboxylic acids is 2. The lowest BCUT2D eigenvalue weighted by atomic mass is 10.1. The van der Waals surface area contributed by atoms with Crippen LogP contribution >= 0.6 is 7.82 Å². The summed E-state index contributed by atoms with van der Waals surface area (Å²) in [5.41, 5.74) is 0. The Labute approximate surface area is 306 Å². The van der Waals surface area contributed by atoms with Crippen molar-refractivity contribution in [3.05, 3.63) is 36.5 Å². The number of ether oxygens (including phenoxy) is 2. The van der Waals surface area contributed by atoms with E-state index >= 15 is 0 Å². The van der Waals surface area contributed by atoms with Gasteiger partial charge in [-0.05, 0) is 64.2 Å². The summed E-state index contributed by atoms with van der Waals surface area (Å²) in [4.78, 5) is 37.3. The Morgan fingerprint density at radius 3 is 1.70 bits per heavy atom. The highest BCUT2D eigenvalue weighted by Gasteiger charge is 2.21. The minimum absolute atomic E-state index is 0.0377. The fourth-order valence-corrected chi connectivity index (χ4v) is 5.69. The van der Waals surface area contributed by atoms with Crippen LogP contribution in [0, 0.1) is 0 Å². The van der Waals surface area contributed by atoms with Crippen LogP contribution in [0.3, 0.4) is 0 Å². The molecule has 0 N–H and O–H groups in total. The van der Waals surface area contributed by atoms with Gasteiger partial charge in [-0.2, -0.15) is 0 Å². The minimum atomic E-state index is -4.62. The van der Waals surface area contributed by atoms with Crippen LogP contribution in [-0.2, 0) is 32.7 Å². The molecule has 0 spiro atoms. The second-order valence-electron chi connectivity index (χ2n) is 14.3. The number of rotatable bonds is 35. The first kappa shape index (κ1) is 48.2. The number of likely N-dealkylation sites (N-methyl/N-ethyl adjacent to an activating group) is 1. The van der Waals surface area contributed by atoms with Crippen LogP contribution in [0.5, 0.6) is 0 Å². The zero-order valence-corrected chi connectivity index (χ0v) is 33.5. The van der Waals surface area contributed by atoms with Crippen molar-refractivity contribution in [2.75, 3.05) is 47.5 Å². The Bertz CT molecular complexity index is 959. The summed E-state index contributed by atoms with van der Waals surface area (Å²) in [6.45, 7) is 4.11. The van der Waals surface area contributed by atoms with Crippen molar-refractivity contribution in [2.24, 2.45) is 0 Å². The first-order chi connectivity index (χ1) is 24.0. The molecule has 0 radical (unpaired) electrons. The smallest absolute Gasteiger partial charge is 0.306 e. The van der Waals surface area contributed by atoms with E-state index in [0.29, 0.717) is 23.9 Å². The third kappa shape index (κ3) is 36.0. The molecule has 0 aromatic heterocycles. The third-order valence-electron chi connectivity index (χ3n) is 8.13. The topological polar surface area (TPSA) is 111 Å². The van der Waals surface area contributed by atoms with E-state index in [1.54, 1.807) is 0 Å². The average molecular weight is 728 g/mol. The monoisotopic (exact) mass is 728 g/mol. The molecule has 2 atom stereocenters. The summed E-state index contributed by atoms with van der Waals surface area (Å²) < 4.78 is 33.7. The van der Waals surface area contributed by atoms with Gasteiger partial charge in [-0.1, -0.05) is 115 Å². The largest absolute Gasteiger partial charge is 0.756 e. The molecule has 1 unspecified atom stereocenters. The minimum Gasteiger partial charge on any atom is -0.756 e. The number of hydrogen-bond acceptors (Lipinski definition) is 8. The summed E-state index contributed by atoms with van der Waals surface area (Å²) in [7, 11) is 1.14. The molecule has 0 fully saturated rings. The predicted molar refractivity (Wildman–Crippen MR) is 204 cm³/mol. The summed E-state index contributed by atoms with van der Waals surface area (Å²) in [5.74, 6) is -0.887. The van der Waals surface area contributed by atoms with Crippen molar-refractivity contribution >= 4 is 19.8 Å². The molecule has 0 saturated heterocycles. The Morgan fingerprint density at radius 1 is 0.620 bits per heavy atom. The lowest BCUT2D eigenvalue weighted by molar-refractivity contribution is -0.870. The van der Waals surface area contributed by atoms with E-state index in [0.717, 1.165) is 64.2 Å². The molecule has 10 heteroatoms. The maximum atomic E-state index is 12.6. The number of nitrogens with zero attached hydrogens (tertiary/aromatic N) is 1. The van der Waals surface area contributed by atoms with Gasteiger partial charge in [-0.3, -0.25) is 14.2 Å². The van der Waals surface area contributed by atoms with Crippen LogP contribution in [-0.4, -0.2) is 70.0 Å². The van der Waals surface area contributed by atoms with E-state index < -0.39 is 32.5 Å². The predicted octanol–water partition coefficient (Wildman–Crippen LogP) is 9.94. The molecule has 0 aliphatic rings. The lowest BCUT2D eigenvalue weighted by Crippen LogP contribution is -2.37. The Morgan fingerprint density at radius 2 is 1.10 bits per heavy atom. The number of phosphoric ester groups is 1. The lowest BCUT2D eigenvalue weighted by Gasteiger charge is -2.28. The molecule has 292 valence electrons. The van der Waals surface area contributed by atoms with Gasteiger partial charge in [-0.25, -0.2) is 0 Å². The molecule has 0 heterocycles. The number of phosphoric acid groups is 1. The van der Waals surface area contributed by atoms with E-state index in [-0.39, 0.29) is 26.1 Å². The van der Waals surface area contributed by atoms with Crippen LogP contribution in [0.25, 0.3) is 0 Å². The first-order valence-corrected chi connectivity index (χ1v) is 21.2. The Kier molecular flexibility index (Phi) is 31.9. The molecular formula is C40H74NO8P. The molecule has 0 aromatic rings. The number of esters is 2. The van der Waals surface area contributed by atoms with Crippen molar-refractivity contribution in [3.63, 3.8) is 0 Å². The number of allylic oxidation sites excluding steroid dienone is 6. The van der Waals surface area contributed by atoms with Gasteiger partial charge in [0.15, 0.2) is 6.10 Å². The molecule has 0 rings (SSSR count). The average Bonchev–Trinajstić information content (AvgIpc) is 3.06. The molecule has 0 aromatic carbocycles. The number of carbonyl (C=O) groups is 2. The van der Waals surface area contributed by atoms with Gasteiger partial charge in [0.05, 0.1) is 27.7 Å². The van der Waals surface area contributed by atoms with Gasteiger partial charge in [0.2, 0.25) is 0 Å². The molecule has 0 aliphatic carbocycles. The second kappa shape index (κ2) is 33.1. The zero-order chi connectivity index (χ0) is 37.2. The molecular weight excluding hydrogens is 653 g/mol. The maximum Gasteiger partial charge on any atom is 0.306 e. The highest BCUT2D eigenvalue weighted by atomic mass is 31.2. The van der Waals surface area contributed by atoms with Crippen molar-refractivity contribution in [2.45, 2.75) is 161 Å². The van der Waals surface area contributed by atoms with Gasteiger partial charge in [0.25, 0.3) is 7.82 Å². The second-order valence-corrected chi connectivity index (χ2v) is 15.7. The fourth-order valence-electron chi connectivity index (χ4n) is 4.96. The van der Waals surface area contributed by atoms with E-state index in [4.69, 9.17) is 18.5 Å². The van der Waals surface area contributed by atoms with Crippen molar-refractivity contribution in [3.8, 4) is 0 Å². The van der Waals surface area contributed by atoms with Gasteiger partial charge >= 0.3 is 11.9 Å². The van der Waals surface area contributed by atoms with E-state index in [1.165, 1.54) is 51.4 Å². The highest BCUT2D eigenvalue weighted by Crippen LogP contribution is 2.38. The quantitative estimate of drug-likeness (QED) is 0.0209. The SMILES string of the molecule is CCCC/C=C/CCCCCCCC(=O)O[C@H](COC(=O)CCCC/C=C/C/C=C/CCCCCCCC)COP(=O)([O-])OCC[N+](C)(C)C. The Hall–Kier alpha value is -1.77. The van der Waals surface area contributed by atoms with Crippen LogP contribution in [0.1, 0.15) is 155 Å². The number of hydrogen-bond donors (Lipinski definition) is 0. The third-order valence-corrected chi connectivity index (χ3v) is 9.10. The van der Waals surface area contributed by atoms with Crippen molar-refractivity contribution in [1.29, 1.82) is 0 Å². The standard InChI is InChI=1S/C40H74NO8P/c1-6-8-10-12-14-16-18-19-20-21-23-24-26-28-30-32-39(42)46-36-38(37-48-50(44,45)47-35-34-41(3,4)5)49-40(43)33-31-29-27-25-22-17-15-13-11-9-7-2/h13,15,19-20,23-24,38H,6-12,14,16-18,21-22,25-37H2,1-5H3/b15-13+,20-19+,24-23+/t38-/m1/s1. The summed E-state index contributed by atoms with van der Waals surface area (Å²) in [6, 6.07) is 0. The van der Waals surface area contributed by atoms with E-state index in [2.05, 4.69) is 50.3 Å². The van der Waals surface area contributed by atoms with E-state index in [1.807, 2.05) is 21.1 Å². The number of unbranched alkanes of at least 4 members (excludes halogenated alkanes) is 15. The highest BCUT2D eigenvalue weighted by molar-refractivity contribution is 7.45. The molecule has 0 amide bonds. The molecule has 9 nitrogen and oxygen atoms in total. The Balaban J connectivity index is 4.48. The summed E-state index contributed by atoms with van der Waals surface area (Å²) in [5, 5.41) is 0. The first-order valence-electron chi connectivity index (χ1n) is 19.7. The van der Waals surface area contributed by atoms with Crippen LogP contribution in [0.15, 0.2) is 36.5 Å². The van der Waals surface area contributed by atoms with Crippen LogP contribution in [0.4, 0.5) is 0 Å². The summed E-state index contributed by atoms with van der Waals surface area (Å²) >= 11 is 0. The van der Waals surface area contributed by atoms with E-state index in [9.17, 15) is 19.0 Å². The molecule has 0 saturated carbocycles. The zero-order valence-electron chi connectivity index (χ0n) is 32.6. The van der Waals surface area contributed by atoms with Gasteiger partial charge in [0.1, 0.15) is 19.8 Å². The number of quaternary nitrogens is 1. The van der Waals surface area contributed by atoms with Crippen molar-refractivity contribution in [1.82, 2.24) is 0 Å². The van der Waals surface area contributed by atoms with Crippen molar-refractivity contribution < 1.29 is 42.1 Å². The van der Waals surface area contributed by atoms with Gasteiger partial charge in [-0.15, -0.1) is 0 Å². The van der Waals surface area contributed by atoms with Crippen LogP contribution in [0.2, 0.25) is 0 Å². The molecule has 50 heavy (non-hydrogen) atoms. The van der Waals surface area contributed by atoms with Crippen LogP contribution < -0.4 is 4.89 Å². The van der Waals surface area contributed by atoms with Gasteiger partial charge < -0.3 is 27.9 Å². The van der Waals surface area contributed by atoms with Gasteiger partial charge in [0, 0.05) is 12.8 Å². The molecule has 0 aliphatic heterocycles. The normalized spacial score (nSPS) is 14.1. The summed E-state index contributed by atoms with van der Waals surface area (Å²) in [6.07, 6.45) is 34.6. The maximum absolute atomic E-state index is 12.6.